The number of piperidine rings is 1. The molecule has 0 aliphatic carbocycles. The standard InChI is InChI=1S/C14H22N2O/c1-12-9-13(15-7-8-17)11-16(10-12)14-5-3-2-4-6-14/h2-6,12-13,15,17H,7-11H2,1H3. The molecule has 2 rings (SSSR count). The van der Waals surface area contributed by atoms with Crippen LogP contribution in [-0.2, 0) is 0 Å². The number of anilines is 1. The summed E-state index contributed by atoms with van der Waals surface area (Å²) in [6.45, 7) is 5.37. The third kappa shape index (κ3) is 3.45. The van der Waals surface area contributed by atoms with E-state index in [1.165, 1.54) is 12.1 Å². The smallest absolute Gasteiger partial charge is 0.0556 e. The SMILES string of the molecule is CC1CC(NCCO)CN(c2ccccc2)C1. The molecule has 0 aromatic heterocycles. The van der Waals surface area contributed by atoms with E-state index >= 15 is 0 Å². The Kier molecular flexibility index (Phi) is 4.40. The van der Waals surface area contributed by atoms with Crippen molar-refractivity contribution in [3.05, 3.63) is 30.3 Å². The van der Waals surface area contributed by atoms with Crippen LogP contribution in [0.1, 0.15) is 13.3 Å². The summed E-state index contributed by atoms with van der Waals surface area (Å²) in [7, 11) is 0. The summed E-state index contributed by atoms with van der Waals surface area (Å²) in [5, 5.41) is 12.3. The summed E-state index contributed by atoms with van der Waals surface area (Å²) >= 11 is 0. The minimum Gasteiger partial charge on any atom is -0.395 e. The molecule has 1 aliphatic rings. The van der Waals surface area contributed by atoms with Gasteiger partial charge in [0.1, 0.15) is 0 Å². The fourth-order valence-corrected chi connectivity index (χ4v) is 2.62. The van der Waals surface area contributed by atoms with Gasteiger partial charge in [-0.2, -0.15) is 0 Å². The molecule has 0 amide bonds. The lowest BCUT2D eigenvalue weighted by Crippen LogP contribution is -2.49. The molecule has 1 aromatic rings. The number of nitrogens with one attached hydrogen (secondary N) is 1. The Bertz CT molecular complexity index is 328. The van der Waals surface area contributed by atoms with Crippen molar-refractivity contribution in [3.8, 4) is 0 Å². The summed E-state index contributed by atoms with van der Waals surface area (Å²) in [6.07, 6.45) is 1.20. The average molecular weight is 234 g/mol. The van der Waals surface area contributed by atoms with Gasteiger partial charge in [0.25, 0.3) is 0 Å². The van der Waals surface area contributed by atoms with Gasteiger partial charge >= 0.3 is 0 Å². The maximum Gasteiger partial charge on any atom is 0.0556 e. The molecule has 0 radical (unpaired) electrons. The molecule has 1 aliphatic heterocycles. The van der Waals surface area contributed by atoms with Gasteiger partial charge < -0.3 is 15.3 Å². The summed E-state index contributed by atoms with van der Waals surface area (Å²) in [6, 6.07) is 11.1. The number of hydrogen-bond donors (Lipinski definition) is 2. The van der Waals surface area contributed by atoms with Gasteiger partial charge in [0.05, 0.1) is 6.61 Å². The van der Waals surface area contributed by atoms with E-state index in [4.69, 9.17) is 5.11 Å². The fraction of sp³-hybridized carbons (Fsp3) is 0.571. The van der Waals surface area contributed by atoms with Gasteiger partial charge in [-0.05, 0) is 24.5 Å². The lowest BCUT2D eigenvalue weighted by Gasteiger charge is -2.38. The summed E-state index contributed by atoms with van der Waals surface area (Å²) in [4.78, 5) is 2.43. The van der Waals surface area contributed by atoms with Crippen molar-refractivity contribution >= 4 is 5.69 Å². The van der Waals surface area contributed by atoms with E-state index in [-0.39, 0.29) is 6.61 Å². The van der Waals surface area contributed by atoms with E-state index in [0.29, 0.717) is 18.5 Å². The normalized spacial score (nSPS) is 24.9. The Morgan fingerprint density at radius 1 is 1.29 bits per heavy atom. The molecule has 1 fully saturated rings. The molecule has 0 saturated carbocycles. The number of para-hydroxylation sites is 1. The predicted octanol–water partition coefficient (Wildman–Crippen LogP) is 1.48. The first-order valence-electron chi connectivity index (χ1n) is 6.44. The number of aliphatic hydroxyl groups is 1. The monoisotopic (exact) mass is 234 g/mol. The molecule has 0 bridgehead atoms. The summed E-state index contributed by atoms with van der Waals surface area (Å²) in [5.41, 5.74) is 1.30. The predicted molar refractivity (Wildman–Crippen MR) is 71.3 cm³/mol. The number of nitrogens with zero attached hydrogens (tertiary/aromatic N) is 1. The maximum atomic E-state index is 8.87. The first-order valence-corrected chi connectivity index (χ1v) is 6.44. The van der Waals surface area contributed by atoms with E-state index in [1.54, 1.807) is 0 Å². The molecule has 1 heterocycles. The first kappa shape index (κ1) is 12.4. The number of aliphatic hydroxyl groups excluding tert-OH is 1. The molecular weight excluding hydrogens is 212 g/mol. The highest BCUT2D eigenvalue weighted by Crippen LogP contribution is 2.22. The zero-order chi connectivity index (χ0) is 12.1. The zero-order valence-corrected chi connectivity index (χ0v) is 10.5. The molecule has 2 N–H and O–H groups in total. The van der Waals surface area contributed by atoms with E-state index in [1.807, 2.05) is 0 Å². The van der Waals surface area contributed by atoms with Crippen LogP contribution in [0.15, 0.2) is 30.3 Å². The van der Waals surface area contributed by atoms with Crippen LogP contribution in [-0.4, -0.2) is 37.4 Å². The van der Waals surface area contributed by atoms with Crippen LogP contribution >= 0.6 is 0 Å². The van der Waals surface area contributed by atoms with Crippen molar-refractivity contribution in [2.75, 3.05) is 31.1 Å². The van der Waals surface area contributed by atoms with Gasteiger partial charge in [0.15, 0.2) is 0 Å². The van der Waals surface area contributed by atoms with Gasteiger partial charge in [0.2, 0.25) is 0 Å². The number of benzene rings is 1. The van der Waals surface area contributed by atoms with Crippen molar-refractivity contribution in [3.63, 3.8) is 0 Å². The van der Waals surface area contributed by atoms with Gasteiger partial charge in [-0.3, -0.25) is 0 Å². The second-order valence-corrected chi connectivity index (χ2v) is 4.96. The van der Waals surface area contributed by atoms with E-state index in [9.17, 15) is 0 Å². The third-order valence-corrected chi connectivity index (χ3v) is 3.33. The Labute approximate surface area is 103 Å². The third-order valence-electron chi connectivity index (χ3n) is 3.33. The van der Waals surface area contributed by atoms with Crippen molar-refractivity contribution < 1.29 is 5.11 Å². The number of hydrogen-bond acceptors (Lipinski definition) is 3. The molecule has 3 nitrogen and oxygen atoms in total. The quantitative estimate of drug-likeness (QED) is 0.828. The highest BCUT2D eigenvalue weighted by Gasteiger charge is 2.24. The Morgan fingerprint density at radius 2 is 2.06 bits per heavy atom. The molecular formula is C14H22N2O. The van der Waals surface area contributed by atoms with Crippen LogP contribution in [0, 0.1) is 5.92 Å². The topological polar surface area (TPSA) is 35.5 Å². The lowest BCUT2D eigenvalue weighted by atomic mass is 9.95. The van der Waals surface area contributed by atoms with Gasteiger partial charge in [-0.1, -0.05) is 25.1 Å². The largest absolute Gasteiger partial charge is 0.395 e. The zero-order valence-electron chi connectivity index (χ0n) is 10.5. The van der Waals surface area contributed by atoms with Gasteiger partial charge in [-0.15, -0.1) is 0 Å². The first-order chi connectivity index (χ1) is 8.29. The lowest BCUT2D eigenvalue weighted by molar-refractivity contribution is 0.269. The molecule has 2 atom stereocenters. The Hall–Kier alpha value is -1.06. The maximum absolute atomic E-state index is 8.87. The molecule has 1 aromatic carbocycles. The second-order valence-electron chi connectivity index (χ2n) is 4.96. The second kappa shape index (κ2) is 6.03. The van der Waals surface area contributed by atoms with Crippen LogP contribution in [0.3, 0.4) is 0 Å². The molecule has 94 valence electrons. The Balaban J connectivity index is 1.98. The highest BCUT2D eigenvalue weighted by atomic mass is 16.3. The van der Waals surface area contributed by atoms with E-state index < -0.39 is 0 Å². The average Bonchev–Trinajstić information content (AvgIpc) is 2.37. The van der Waals surface area contributed by atoms with E-state index in [2.05, 4.69) is 47.5 Å². The molecule has 1 saturated heterocycles. The summed E-state index contributed by atoms with van der Waals surface area (Å²) in [5.74, 6) is 0.695. The minimum atomic E-state index is 0.218. The van der Waals surface area contributed by atoms with Crippen LogP contribution in [0.5, 0.6) is 0 Å². The van der Waals surface area contributed by atoms with Gasteiger partial charge in [-0.25, -0.2) is 0 Å². The summed E-state index contributed by atoms with van der Waals surface area (Å²) < 4.78 is 0. The molecule has 17 heavy (non-hydrogen) atoms. The van der Waals surface area contributed by atoms with Crippen LogP contribution in [0.25, 0.3) is 0 Å². The Morgan fingerprint density at radius 3 is 2.76 bits per heavy atom. The van der Waals surface area contributed by atoms with Crippen LogP contribution in [0.2, 0.25) is 0 Å². The molecule has 3 heteroatoms. The number of rotatable bonds is 4. The van der Waals surface area contributed by atoms with E-state index in [0.717, 1.165) is 13.1 Å². The van der Waals surface area contributed by atoms with Crippen molar-refractivity contribution in [1.82, 2.24) is 5.32 Å². The van der Waals surface area contributed by atoms with Crippen LogP contribution < -0.4 is 10.2 Å². The molecule has 0 spiro atoms. The van der Waals surface area contributed by atoms with Crippen LogP contribution in [0.4, 0.5) is 5.69 Å². The minimum absolute atomic E-state index is 0.218. The van der Waals surface area contributed by atoms with Crippen molar-refractivity contribution in [2.45, 2.75) is 19.4 Å². The fourth-order valence-electron chi connectivity index (χ4n) is 2.62. The van der Waals surface area contributed by atoms with Gasteiger partial charge in [0, 0.05) is 31.4 Å². The molecule has 2 unspecified atom stereocenters. The van der Waals surface area contributed by atoms with Crippen molar-refractivity contribution in [2.24, 2.45) is 5.92 Å². The highest BCUT2D eigenvalue weighted by molar-refractivity contribution is 5.46. The van der Waals surface area contributed by atoms with Crippen molar-refractivity contribution in [1.29, 1.82) is 0 Å².